The molecule has 0 aromatic heterocycles. The number of allylic oxidation sites excluding steroid dienone is 3. The molecule has 0 amide bonds. The molecule has 0 bridgehead atoms. The monoisotopic (exact) mass is 340 g/mol. The number of methoxy groups -OCH3 is 1. The summed E-state index contributed by atoms with van der Waals surface area (Å²) in [6, 6.07) is 6.87. The van der Waals surface area contributed by atoms with Crippen molar-refractivity contribution in [1.82, 2.24) is 0 Å². The van der Waals surface area contributed by atoms with Crippen LogP contribution in [0.3, 0.4) is 0 Å². The van der Waals surface area contributed by atoms with Crippen LogP contribution < -0.4 is 10.5 Å². The first-order valence-corrected chi connectivity index (χ1v) is 7.98. The van der Waals surface area contributed by atoms with Crippen molar-refractivity contribution in [3.8, 4) is 17.6 Å². The molecule has 3 N–H and O–H groups in total. The van der Waals surface area contributed by atoms with Crippen molar-refractivity contribution >= 4 is 5.78 Å². The van der Waals surface area contributed by atoms with Crippen LogP contribution in [-0.4, -0.2) is 18.0 Å². The molecule has 0 fully saturated rings. The fourth-order valence-electron chi connectivity index (χ4n) is 3.50. The van der Waals surface area contributed by atoms with Crippen molar-refractivity contribution in [2.24, 2.45) is 11.1 Å². The molecule has 1 aliphatic carbocycles. The summed E-state index contributed by atoms with van der Waals surface area (Å²) in [6.07, 6.45) is 0.929. The fraction of sp³-hybridized carbons (Fsp3) is 0.368. The largest absolute Gasteiger partial charge is 0.504 e. The number of nitrogens with two attached hydrogens (primary N) is 1. The molecule has 0 saturated heterocycles. The first-order valence-electron chi connectivity index (χ1n) is 7.98. The number of benzene rings is 1. The molecule has 0 radical (unpaired) electrons. The van der Waals surface area contributed by atoms with Gasteiger partial charge in [-0.25, -0.2) is 0 Å². The molecule has 1 atom stereocenters. The van der Waals surface area contributed by atoms with Crippen LogP contribution >= 0.6 is 0 Å². The highest BCUT2D eigenvalue weighted by Gasteiger charge is 2.43. The molecule has 6 heteroatoms. The Morgan fingerprint density at radius 1 is 1.40 bits per heavy atom. The Morgan fingerprint density at radius 2 is 2.12 bits per heavy atom. The number of rotatable bonds is 2. The van der Waals surface area contributed by atoms with Crippen LogP contribution in [0.15, 0.2) is 41.0 Å². The molecular formula is C19H20N2O4. The minimum atomic E-state index is -0.644. The molecule has 0 spiro atoms. The van der Waals surface area contributed by atoms with Crippen LogP contribution in [0, 0.1) is 16.7 Å². The summed E-state index contributed by atoms with van der Waals surface area (Å²) >= 11 is 0. The van der Waals surface area contributed by atoms with Crippen molar-refractivity contribution < 1.29 is 19.4 Å². The minimum Gasteiger partial charge on any atom is -0.504 e. The number of phenolic OH excluding ortho intramolecular Hbond substituents is 1. The molecule has 2 aliphatic rings. The normalized spacial score (nSPS) is 22.2. The Hall–Kier alpha value is -2.94. The van der Waals surface area contributed by atoms with Gasteiger partial charge in [0.2, 0.25) is 5.88 Å². The smallest absolute Gasteiger partial charge is 0.205 e. The zero-order valence-electron chi connectivity index (χ0n) is 14.4. The van der Waals surface area contributed by atoms with Crippen LogP contribution in [0.2, 0.25) is 0 Å². The van der Waals surface area contributed by atoms with Gasteiger partial charge in [0, 0.05) is 18.4 Å². The Balaban J connectivity index is 2.18. The van der Waals surface area contributed by atoms with Gasteiger partial charge in [0.15, 0.2) is 17.3 Å². The third-order valence-electron chi connectivity index (χ3n) is 4.61. The summed E-state index contributed by atoms with van der Waals surface area (Å²) in [5.74, 6) is 0.0655. The Labute approximate surface area is 146 Å². The van der Waals surface area contributed by atoms with E-state index in [2.05, 4.69) is 6.07 Å². The molecule has 3 rings (SSSR count). The fourth-order valence-corrected chi connectivity index (χ4v) is 3.50. The molecule has 130 valence electrons. The second-order valence-corrected chi connectivity index (χ2v) is 7.13. The van der Waals surface area contributed by atoms with Crippen molar-refractivity contribution in [2.75, 3.05) is 7.11 Å². The predicted octanol–water partition coefficient (Wildman–Crippen LogP) is 2.85. The predicted molar refractivity (Wildman–Crippen MR) is 90.4 cm³/mol. The number of hydrogen-bond acceptors (Lipinski definition) is 6. The number of Topliss-reactive ketones (excluding diaryl/α,β-unsaturated/α-hetero) is 1. The third-order valence-corrected chi connectivity index (χ3v) is 4.61. The van der Waals surface area contributed by atoms with E-state index in [0.717, 1.165) is 0 Å². The van der Waals surface area contributed by atoms with Crippen LogP contribution in [0.5, 0.6) is 11.5 Å². The lowest BCUT2D eigenvalue weighted by atomic mass is 9.70. The minimum absolute atomic E-state index is 0.00654. The second kappa shape index (κ2) is 5.85. The summed E-state index contributed by atoms with van der Waals surface area (Å²) in [5, 5.41) is 19.7. The Kier molecular flexibility index (Phi) is 3.96. The zero-order chi connectivity index (χ0) is 18.4. The third kappa shape index (κ3) is 2.82. The number of ketones is 1. The van der Waals surface area contributed by atoms with Crippen molar-refractivity contribution in [1.29, 1.82) is 5.26 Å². The Bertz CT molecular complexity index is 859. The van der Waals surface area contributed by atoms with E-state index < -0.39 is 5.92 Å². The summed E-state index contributed by atoms with van der Waals surface area (Å²) < 4.78 is 10.7. The van der Waals surface area contributed by atoms with Gasteiger partial charge in [0.05, 0.1) is 13.0 Å². The average molecular weight is 340 g/mol. The van der Waals surface area contributed by atoms with Gasteiger partial charge < -0.3 is 20.3 Å². The second-order valence-electron chi connectivity index (χ2n) is 7.13. The van der Waals surface area contributed by atoms with E-state index in [9.17, 15) is 15.2 Å². The van der Waals surface area contributed by atoms with Crippen LogP contribution in [-0.2, 0) is 9.53 Å². The van der Waals surface area contributed by atoms with Gasteiger partial charge in [-0.3, -0.25) is 4.79 Å². The van der Waals surface area contributed by atoms with Gasteiger partial charge in [-0.2, -0.15) is 5.26 Å². The molecule has 25 heavy (non-hydrogen) atoms. The number of carbonyl (C=O) groups is 1. The van der Waals surface area contributed by atoms with E-state index in [0.29, 0.717) is 35.5 Å². The number of nitrogens with zero attached hydrogens (tertiary/aromatic N) is 1. The van der Waals surface area contributed by atoms with Crippen molar-refractivity contribution in [3.63, 3.8) is 0 Å². The topological polar surface area (TPSA) is 106 Å². The van der Waals surface area contributed by atoms with E-state index in [1.54, 1.807) is 12.1 Å². The highest BCUT2D eigenvalue weighted by atomic mass is 16.5. The highest BCUT2D eigenvalue weighted by molar-refractivity contribution is 6.00. The molecule has 1 aromatic rings. The number of nitriles is 1. The first-order chi connectivity index (χ1) is 11.8. The number of hydrogen-bond donors (Lipinski definition) is 2. The van der Waals surface area contributed by atoms with E-state index in [1.807, 2.05) is 13.8 Å². The molecule has 0 unspecified atom stereocenters. The number of phenols is 1. The quantitative estimate of drug-likeness (QED) is 0.857. The van der Waals surface area contributed by atoms with Gasteiger partial charge in [-0.15, -0.1) is 0 Å². The lowest BCUT2D eigenvalue weighted by Crippen LogP contribution is -2.33. The average Bonchev–Trinajstić information content (AvgIpc) is 2.52. The molecule has 1 heterocycles. The number of carbonyl (C=O) groups excluding carboxylic acids is 1. The van der Waals surface area contributed by atoms with E-state index in [1.165, 1.54) is 13.2 Å². The van der Waals surface area contributed by atoms with Gasteiger partial charge in [-0.05, 0) is 23.1 Å². The number of ether oxygens (including phenoxy) is 2. The highest BCUT2D eigenvalue weighted by Crippen LogP contribution is 2.48. The van der Waals surface area contributed by atoms with E-state index in [4.69, 9.17) is 15.2 Å². The maximum Gasteiger partial charge on any atom is 0.205 e. The summed E-state index contributed by atoms with van der Waals surface area (Å²) in [4.78, 5) is 12.8. The Morgan fingerprint density at radius 3 is 2.72 bits per heavy atom. The summed E-state index contributed by atoms with van der Waals surface area (Å²) in [5.41, 5.74) is 6.95. The van der Waals surface area contributed by atoms with E-state index in [-0.39, 0.29) is 28.4 Å². The number of aromatic hydroxyl groups is 1. The van der Waals surface area contributed by atoms with Crippen LogP contribution in [0.25, 0.3) is 0 Å². The SMILES string of the molecule is COc1ccc([C@@H]2C(C#N)=C(N)OC3=C2C(=O)CC(C)(C)C3)cc1O. The lowest BCUT2D eigenvalue weighted by Gasteiger charge is -2.37. The maximum atomic E-state index is 12.8. The van der Waals surface area contributed by atoms with Crippen LogP contribution in [0.1, 0.15) is 38.2 Å². The molecule has 1 aliphatic heterocycles. The summed E-state index contributed by atoms with van der Waals surface area (Å²) in [6.45, 7) is 3.98. The molecule has 6 nitrogen and oxygen atoms in total. The molecular weight excluding hydrogens is 320 g/mol. The zero-order valence-corrected chi connectivity index (χ0v) is 14.4. The molecule has 1 aromatic carbocycles. The lowest BCUT2D eigenvalue weighted by molar-refractivity contribution is -0.119. The molecule has 0 saturated carbocycles. The standard InChI is InChI=1S/C19H20N2O4/c1-19(2)7-13(23)17-15(8-19)25-18(21)11(9-20)16(17)10-4-5-14(24-3)12(22)6-10/h4-6,16,22H,7-8,21H2,1-3H3/t16-/m1/s1. The van der Waals surface area contributed by atoms with Gasteiger partial charge >= 0.3 is 0 Å². The summed E-state index contributed by atoms with van der Waals surface area (Å²) in [7, 11) is 1.45. The van der Waals surface area contributed by atoms with Gasteiger partial charge in [0.1, 0.15) is 17.4 Å². The van der Waals surface area contributed by atoms with E-state index >= 15 is 0 Å². The van der Waals surface area contributed by atoms with Crippen molar-refractivity contribution in [2.45, 2.75) is 32.6 Å². The van der Waals surface area contributed by atoms with Crippen LogP contribution in [0.4, 0.5) is 0 Å². The van der Waals surface area contributed by atoms with Crippen molar-refractivity contribution in [3.05, 3.63) is 46.6 Å². The maximum absolute atomic E-state index is 12.8. The van der Waals surface area contributed by atoms with Gasteiger partial charge in [0.25, 0.3) is 0 Å². The first kappa shape index (κ1) is 16.9. The van der Waals surface area contributed by atoms with Gasteiger partial charge in [-0.1, -0.05) is 19.9 Å².